The number of hydrogen-bond acceptors (Lipinski definition) is 1. The van der Waals surface area contributed by atoms with Gasteiger partial charge in [-0.25, -0.2) is 0 Å². The predicted octanol–water partition coefficient (Wildman–Crippen LogP) is 4.27. The molecule has 0 aliphatic rings. The molecule has 0 saturated carbocycles. The Morgan fingerprint density at radius 1 is 1.24 bits per heavy atom. The third-order valence-corrected chi connectivity index (χ3v) is 2.96. The van der Waals surface area contributed by atoms with Gasteiger partial charge in [0.05, 0.1) is 10.7 Å². The van der Waals surface area contributed by atoms with Gasteiger partial charge in [-0.05, 0) is 25.0 Å². The normalized spacial score (nSPS) is 10.3. The molecule has 0 saturated heterocycles. The Hall–Kier alpha value is -1.02. The molecule has 0 aromatic heterocycles. The van der Waals surface area contributed by atoms with E-state index < -0.39 is 0 Å². The van der Waals surface area contributed by atoms with Gasteiger partial charge in [-0.3, -0.25) is 4.79 Å². The fourth-order valence-electron chi connectivity index (χ4n) is 1.72. The van der Waals surface area contributed by atoms with Gasteiger partial charge in [0.1, 0.15) is 0 Å². The molecular weight excluding hydrogens is 234 g/mol. The molecular formula is C14H20ClNO. The average Bonchev–Trinajstić information content (AvgIpc) is 2.32. The van der Waals surface area contributed by atoms with Gasteiger partial charge in [-0.2, -0.15) is 0 Å². The maximum absolute atomic E-state index is 12.1. The van der Waals surface area contributed by atoms with Crippen molar-refractivity contribution < 1.29 is 4.79 Å². The lowest BCUT2D eigenvalue weighted by molar-refractivity contribution is -0.118. The van der Waals surface area contributed by atoms with Crippen molar-refractivity contribution in [3.63, 3.8) is 0 Å². The van der Waals surface area contributed by atoms with Crippen molar-refractivity contribution in [1.82, 2.24) is 0 Å². The molecule has 1 amide bonds. The van der Waals surface area contributed by atoms with E-state index in [9.17, 15) is 4.79 Å². The molecule has 0 unspecified atom stereocenters. The van der Waals surface area contributed by atoms with E-state index in [1.54, 1.807) is 0 Å². The van der Waals surface area contributed by atoms with Gasteiger partial charge in [-0.15, -0.1) is 0 Å². The maximum atomic E-state index is 12.1. The highest BCUT2D eigenvalue weighted by atomic mass is 35.5. The minimum atomic E-state index is 0.161. The van der Waals surface area contributed by atoms with Gasteiger partial charge in [0.2, 0.25) is 5.91 Å². The van der Waals surface area contributed by atoms with Crippen LogP contribution in [0.3, 0.4) is 0 Å². The van der Waals surface area contributed by atoms with E-state index in [1.165, 1.54) is 0 Å². The summed E-state index contributed by atoms with van der Waals surface area (Å²) >= 11 is 6.15. The lowest BCUT2D eigenvalue weighted by Gasteiger charge is -2.23. The number of para-hydroxylation sites is 1. The Kier molecular flexibility index (Phi) is 6.06. The van der Waals surface area contributed by atoms with Crippen LogP contribution in [0.2, 0.25) is 5.02 Å². The summed E-state index contributed by atoms with van der Waals surface area (Å²) in [7, 11) is 0. The summed E-state index contributed by atoms with van der Waals surface area (Å²) in [6.07, 6.45) is 3.52. The SMILES string of the molecule is CCCCN(C(=O)CCC)c1ccccc1Cl. The van der Waals surface area contributed by atoms with E-state index in [4.69, 9.17) is 11.6 Å². The fourth-order valence-corrected chi connectivity index (χ4v) is 1.95. The first-order valence-electron chi connectivity index (χ1n) is 6.25. The Bertz CT molecular complexity index is 365. The van der Waals surface area contributed by atoms with Crippen LogP contribution in [-0.2, 0) is 4.79 Å². The largest absolute Gasteiger partial charge is 0.311 e. The molecule has 1 aromatic carbocycles. The standard InChI is InChI=1S/C14H20ClNO/c1-3-5-11-16(14(17)8-4-2)13-10-7-6-9-12(13)15/h6-7,9-10H,3-5,8,11H2,1-2H3. The van der Waals surface area contributed by atoms with Crippen LogP contribution in [0.25, 0.3) is 0 Å². The van der Waals surface area contributed by atoms with Crippen molar-refractivity contribution in [3.05, 3.63) is 29.3 Å². The number of carbonyl (C=O) groups is 1. The Morgan fingerprint density at radius 2 is 1.94 bits per heavy atom. The Labute approximate surface area is 109 Å². The number of rotatable bonds is 6. The highest BCUT2D eigenvalue weighted by molar-refractivity contribution is 6.33. The number of amides is 1. The van der Waals surface area contributed by atoms with E-state index in [0.29, 0.717) is 11.4 Å². The number of carbonyl (C=O) groups excluding carboxylic acids is 1. The van der Waals surface area contributed by atoms with E-state index in [0.717, 1.165) is 31.5 Å². The molecule has 3 heteroatoms. The number of anilines is 1. The minimum absolute atomic E-state index is 0.161. The van der Waals surface area contributed by atoms with Crippen LogP contribution in [0.15, 0.2) is 24.3 Å². The third-order valence-electron chi connectivity index (χ3n) is 2.64. The summed E-state index contributed by atoms with van der Waals surface area (Å²) in [4.78, 5) is 13.9. The summed E-state index contributed by atoms with van der Waals surface area (Å²) in [5.41, 5.74) is 0.834. The van der Waals surface area contributed by atoms with Crippen LogP contribution in [-0.4, -0.2) is 12.5 Å². The molecule has 94 valence electrons. The molecule has 0 fully saturated rings. The summed E-state index contributed by atoms with van der Waals surface area (Å²) in [5, 5.41) is 0.646. The summed E-state index contributed by atoms with van der Waals surface area (Å²) in [5.74, 6) is 0.161. The van der Waals surface area contributed by atoms with Gasteiger partial charge in [0, 0.05) is 13.0 Å². The van der Waals surface area contributed by atoms with Gasteiger partial charge in [0.25, 0.3) is 0 Å². The number of hydrogen-bond donors (Lipinski definition) is 0. The minimum Gasteiger partial charge on any atom is -0.311 e. The smallest absolute Gasteiger partial charge is 0.227 e. The van der Waals surface area contributed by atoms with Crippen molar-refractivity contribution in [2.75, 3.05) is 11.4 Å². The quantitative estimate of drug-likeness (QED) is 0.741. The molecule has 1 aromatic rings. The first-order valence-corrected chi connectivity index (χ1v) is 6.63. The van der Waals surface area contributed by atoms with Gasteiger partial charge < -0.3 is 4.90 Å². The summed E-state index contributed by atoms with van der Waals surface area (Å²) in [6.45, 7) is 4.89. The topological polar surface area (TPSA) is 20.3 Å². The van der Waals surface area contributed by atoms with Gasteiger partial charge >= 0.3 is 0 Å². The van der Waals surface area contributed by atoms with Crippen LogP contribution in [0, 0.1) is 0 Å². The molecule has 0 spiro atoms. The van der Waals surface area contributed by atoms with Crippen LogP contribution in [0.5, 0.6) is 0 Å². The molecule has 0 heterocycles. The molecule has 0 atom stereocenters. The first-order chi connectivity index (χ1) is 8.20. The predicted molar refractivity (Wildman–Crippen MR) is 73.6 cm³/mol. The zero-order valence-electron chi connectivity index (χ0n) is 10.6. The lowest BCUT2D eigenvalue weighted by Crippen LogP contribution is -2.31. The van der Waals surface area contributed by atoms with Crippen molar-refractivity contribution in [1.29, 1.82) is 0 Å². The van der Waals surface area contributed by atoms with Crippen molar-refractivity contribution in [3.8, 4) is 0 Å². The van der Waals surface area contributed by atoms with Gasteiger partial charge in [-0.1, -0.05) is 44.0 Å². The number of unbranched alkanes of at least 4 members (excludes halogenated alkanes) is 1. The number of halogens is 1. The molecule has 1 rings (SSSR count). The molecule has 17 heavy (non-hydrogen) atoms. The van der Waals surface area contributed by atoms with Gasteiger partial charge in [0.15, 0.2) is 0 Å². The summed E-state index contributed by atoms with van der Waals surface area (Å²) in [6, 6.07) is 7.54. The molecule has 0 radical (unpaired) electrons. The first kappa shape index (κ1) is 14.0. The van der Waals surface area contributed by atoms with Crippen LogP contribution in [0.4, 0.5) is 5.69 Å². The zero-order valence-corrected chi connectivity index (χ0v) is 11.3. The van der Waals surface area contributed by atoms with E-state index >= 15 is 0 Å². The Balaban J connectivity index is 2.89. The number of benzene rings is 1. The molecule has 0 bridgehead atoms. The second kappa shape index (κ2) is 7.33. The second-order valence-corrected chi connectivity index (χ2v) is 4.51. The van der Waals surface area contributed by atoms with Crippen molar-refractivity contribution >= 4 is 23.2 Å². The molecule has 2 nitrogen and oxygen atoms in total. The van der Waals surface area contributed by atoms with Crippen LogP contribution in [0.1, 0.15) is 39.5 Å². The van der Waals surface area contributed by atoms with Crippen LogP contribution < -0.4 is 4.90 Å². The second-order valence-electron chi connectivity index (χ2n) is 4.10. The molecule has 0 N–H and O–H groups in total. The van der Waals surface area contributed by atoms with Crippen LogP contribution >= 0.6 is 11.6 Å². The van der Waals surface area contributed by atoms with Crippen molar-refractivity contribution in [2.45, 2.75) is 39.5 Å². The highest BCUT2D eigenvalue weighted by Gasteiger charge is 2.16. The monoisotopic (exact) mass is 253 g/mol. The van der Waals surface area contributed by atoms with E-state index in [1.807, 2.05) is 36.1 Å². The number of nitrogens with zero attached hydrogens (tertiary/aromatic N) is 1. The maximum Gasteiger partial charge on any atom is 0.227 e. The third kappa shape index (κ3) is 4.04. The molecule has 0 aliphatic carbocycles. The Morgan fingerprint density at radius 3 is 2.53 bits per heavy atom. The molecule has 0 aliphatic heterocycles. The average molecular weight is 254 g/mol. The highest BCUT2D eigenvalue weighted by Crippen LogP contribution is 2.26. The summed E-state index contributed by atoms with van der Waals surface area (Å²) < 4.78 is 0. The lowest BCUT2D eigenvalue weighted by atomic mass is 10.2. The van der Waals surface area contributed by atoms with E-state index in [2.05, 4.69) is 6.92 Å². The van der Waals surface area contributed by atoms with Crippen molar-refractivity contribution in [2.24, 2.45) is 0 Å². The fraction of sp³-hybridized carbons (Fsp3) is 0.500. The van der Waals surface area contributed by atoms with E-state index in [-0.39, 0.29) is 5.91 Å². The zero-order chi connectivity index (χ0) is 12.7.